The highest BCUT2D eigenvalue weighted by molar-refractivity contribution is 6.00. The van der Waals surface area contributed by atoms with Crippen molar-refractivity contribution in [2.75, 3.05) is 31.3 Å². The Kier molecular flexibility index (Phi) is 5.67. The number of rotatable bonds is 6. The Bertz CT molecular complexity index is 427. The Hall–Kier alpha value is -1.71. The van der Waals surface area contributed by atoms with Gasteiger partial charge in [-0.2, -0.15) is 0 Å². The van der Waals surface area contributed by atoms with Crippen LogP contribution in [0.5, 0.6) is 0 Å². The lowest BCUT2D eigenvalue weighted by Gasteiger charge is -2.17. The molecule has 0 aliphatic heterocycles. The molecule has 106 valence electrons. The molecule has 0 atom stereocenters. The maximum absolute atomic E-state index is 12.2. The predicted octanol–water partition coefficient (Wildman–Crippen LogP) is 2.50. The number of anilines is 2. The Morgan fingerprint density at radius 2 is 2.05 bits per heavy atom. The van der Waals surface area contributed by atoms with Crippen LogP contribution in [0.25, 0.3) is 0 Å². The second kappa shape index (κ2) is 7.02. The topological polar surface area (TPSA) is 58.4 Å². The van der Waals surface area contributed by atoms with Crippen LogP contribution in [-0.4, -0.2) is 26.5 Å². The van der Waals surface area contributed by atoms with Crippen LogP contribution in [0.15, 0.2) is 18.2 Å². The van der Waals surface area contributed by atoms with Gasteiger partial charge in [0.1, 0.15) is 0 Å². The number of nitrogens with zero attached hydrogens (tertiary/aromatic N) is 1. The number of benzene rings is 1. The van der Waals surface area contributed by atoms with Gasteiger partial charge in [-0.3, -0.25) is 4.79 Å². The summed E-state index contributed by atoms with van der Waals surface area (Å²) in [4.78, 5) is 14.1. The van der Waals surface area contributed by atoms with E-state index in [1.54, 1.807) is 6.07 Å². The molecule has 0 bridgehead atoms. The van der Waals surface area contributed by atoms with Crippen LogP contribution in [0.1, 0.15) is 37.0 Å². The molecule has 1 rings (SSSR count). The second-order valence-corrected chi connectivity index (χ2v) is 5.46. The van der Waals surface area contributed by atoms with Crippen LogP contribution in [0.2, 0.25) is 0 Å². The molecule has 0 fully saturated rings. The molecule has 0 unspecified atom stereocenters. The van der Waals surface area contributed by atoms with E-state index in [-0.39, 0.29) is 5.91 Å². The number of nitrogens with one attached hydrogen (secondary N) is 1. The minimum Gasteiger partial charge on any atom is -0.399 e. The smallest absolute Gasteiger partial charge is 0.253 e. The van der Waals surface area contributed by atoms with E-state index in [9.17, 15) is 4.79 Å². The van der Waals surface area contributed by atoms with Crippen LogP contribution < -0.4 is 16.0 Å². The van der Waals surface area contributed by atoms with E-state index in [1.807, 2.05) is 31.1 Å². The van der Waals surface area contributed by atoms with E-state index in [2.05, 4.69) is 19.2 Å². The first-order chi connectivity index (χ1) is 8.91. The molecule has 3 N–H and O–H groups in total. The zero-order chi connectivity index (χ0) is 14.4. The first-order valence-electron chi connectivity index (χ1n) is 6.77. The molecule has 0 aromatic heterocycles. The lowest BCUT2D eigenvalue weighted by Crippen LogP contribution is -2.27. The number of nitrogen functional groups attached to an aromatic ring is 1. The molecule has 1 amide bonds. The Morgan fingerprint density at radius 3 is 2.63 bits per heavy atom. The van der Waals surface area contributed by atoms with Crippen molar-refractivity contribution in [2.24, 2.45) is 5.92 Å². The predicted molar refractivity (Wildman–Crippen MR) is 81.6 cm³/mol. The van der Waals surface area contributed by atoms with E-state index in [0.29, 0.717) is 23.7 Å². The van der Waals surface area contributed by atoms with Crippen LogP contribution in [-0.2, 0) is 0 Å². The summed E-state index contributed by atoms with van der Waals surface area (Å²) < 4.78 is 0. The quantitative estimate of drug-likeness (QED) is 0.612. The third-order valence-electron chi connectivity index (χ3n) is 2.99. The van der Waals surface area contributed by atoms with E-state index >= 15 is 0 Å². The van der Waals surface area contributed by atoms with Crippen molar-refractivity contribution < 1.29 is 4.79 Å². The monoisotopic (exact) mass is 263 g/mol. The fourth-order valence-electron chi connectivity index (χ4n) is 1.93. The minimum atomic E-state index is -0.0558. The zero-order valence-electron chi connectivity index (χ0n) is 12.4. The highest BCUT2D eigenvalue weighted by atomic mass is 16.1. The van der Waals surface area contributed by atoms with Crippen molar-refractivity contribution in [1.29, 1.82) is 0 Å². The molecule has 0 saturated heterocycles. The Morgan fingerprint density at radius 1 is 1.37 bits per heavy atom. The Labute approximate surface area is 116 Å². The van der Waals surface area contributed by atoms with Crippen LogP contribution in [0, 0.1) is 5.92 Å². The van der Waals surface area contributed by atoms with Crippen LogP contribution in [0.3, 0.4) is 0 Å². The molecule has 1 aromatic rings. The standard InChI is InChI=1S/C15H25N3O/c1-11(2)6-5-9-17-15(19)13-10-12(16)7-8-14(13)18(3)4/h7-8,10-11H,5-6,9,16H2,1-4H3,(H,17,19). The minimum absolute atomic E-state index is 0.0558. The molecule has 0 aliphatic carbocycles. The molecule has 0 heterocycles. The zero-order valence-corrected chi connectivity index (χ0v) is 12.4. The average Bonchev–Trinajstić information content (AvgIpc) is 2.33. The van der Waals surface area contributed by atoms with E-state index in [0.717, 1.165) is 18.5 Å². The average molecular weight is 263 g/mol. The van der Waals surface area contributed by atoms with Crippen molar-refractivity contribution >= 4 is 17.3 Å². The molecule has 4 heteroatoms. The van der Waals surface area contributed by atoms with Gasteiger partial charge >= 0.3 is 0 Å². The molecule has 0 aliphatic rings. The van der Waals surface area contributed by atoms with Crippen molar-refractivity contribution in [3.63, 3.8) is 0 Å². The van der Waals surface area contributed by atoms with Crippen LogP contribution >= 0.6 is 0 Å². The van der Waals surface area contributed by atoms with Gasteiger partial charge in [-0.25, -0.2) is 0 Å². The first-order valence-corrected chi connectivity index (χ1v) is 6.77. The molecule has 0 spiro atoms. The van der Waals surface area contributed by atoms with Gasteiger partial charge in [0.05, 0.1) is 5.56 Å². The van der Waals surface area contributed by atoms with E-state index in [4.69, 9.17) is 5.73 Å². The maximum Gasteiger partial charge on any atom is 0.253 e. The molecule has 19 heavy (non-hydrogen) atoms. The summed E-state index contributed by atoms with van der Waals surface area (Å²) in [5.74, 6) is 0.612. The molecular formula is C15H25N3O. The summed E-state index contributed by atoms with van der Waals surface area (Å²) in [6, 6.07) is 5.41. The van der Waals surface area contributed by atoms with Crippen molar-refractivity contribution in [2.45, 2.75) is 26.7 Å². The largest absolute Gasteiger partial charge is 0.399 e. The molecule has 1 aromatic carbocycles. The van der Waals surface area contributed by atoms with Gasteiger partial charge in [0.2, 0.25) is 0 Å². The number of nitrogens with two attached hydrogens (primary N) is 1. The summed E-state index contributed by atoms with van der Waals surface area (Å²) >= 11 is 0. The highest BCUT2D eigenvalue weighted by Gasteiger charge is 2.12. The molecule has 0 saturated carbocycles. The number of amides is 1. The van der Waals surface area contributed by atoms with Crippen molar-refractivity contribution in [1.82, 2.24) is 5.32 Å². The number of hydrogen-bond acceptors (Lipinski definition) is 3. The fraction of sp³-hybridized carbons (Fsp3) is 0.533. The summed E-state index contributed by atoms with van der Waals surface area (Å²) in [5.41, 5.74) is 7.89. The van der Waals surface area contributed by atoms with Gasteiger partial charge < -0.3 is 16.0 Å². The summed E-state index contributed by atoms with van der Waals surface area (Å²) in [6.45, 7) is 5.08. The van der Waals surface area contributed by atoms with Gasteiger partial charge in [-0.15, -0.1) is 0 Å². The van der Waals surface area contributed by atoms with Gasteiger partial charge in [0.25, 0.3) is 5.91 Å². The number of hydrogen-bond donors (Lipinski definition) is 2. The number of carbonyl (C=O) groups is 1. The lowest BCUT2D eigenvalue weighted by molar-refractivity contribution is 0.0953. The molecular weight excluding hydrogens is 238 g/mol. The van der Waals surface area contributed by atoms with Crippen LogP contribution in [0.4, 0.5) is 11.4 Å². The Balaban J connectivity index is 2.68. The molecule has 0 radical (unpaired) electrons. The van der Waals surface area contributed by atoms with Crippen molar-refractivity contribution in [3.8, 4) is 0 Å². The van der Waals surface area contributed by atoms with Gasteiger partial charge in [0.15, 0.2) is 0 Å². The van der Waals surface area contributed by atoms with E-state index < -0.39 is 0 Å². The second-order valence-electron chi connectivity index (χ2n) is 5.46. The van der Waals surface area contributed by atoms with E-state index in [1.165, 1.54) is 0 Å². The van der Waals surface area contributed by atoms with Gasteiger partial charge in [0, 0.05) is 32.0 Å². The third-order valence-corrected chi connectivity index (χ3v) is 2.99. The molecule has 4 nitrogen and oxygen atoms in total. The van der Waals surface area contributed by atoms with Gasteiger partial charge in [-0.05, 0) is 37.0 Å². The number of carbonyl (C=O) groups excluding carboxylic acids is 1. The summed E-state index contributed by atoms with van der Waals surface area (Å²) in [5, 5.41) is 2.96. The maximum atomic E-state index is 12.2. The third kappa shape index (κ3) is 4.81. The van der Waals surface area contributed by atoms with Crippen molar-refractivity contribution in [3.05, 3.63) is 23.8 Å². The summed E-state index contributed by atoms with van der Waals surface area (Å²) in [7, 11) is 3.84. The summed E-state index contributed by atoms with van der Waals surface area (Å²) in [6.07, 6.45) is 2.13. The van der Waals surface area contributed by atoms with Gasteiger partial charge in [-0.1, -0.05) is 13.8 Å². The first kappa shape index (κ1) is 15.3. The SMILES string of the molecule is CC(C)CCCNC(=O)c1cc(N)ccc1N(C)C. The highest BCUT2D eigenvalue weighted by Crippen LogP contribution is 2.21. The normalized spacial score (nSPS) is 10.6. The fourth-order valence-corrected chi connectivity index (χ4v) is 1.93. The lowest BCUT2D eigenvalue weighted by atomic mass is 10.1.